The van der Waals surface area contributed by atoms with Crippen molar-refractivity contribution < 1.29 is 8.42 Å². The van der Waals surface area contributed by atoms with Crippen molar-refractivity contribution >= 4 is 33.1 Å². The van der Waals surface area contributed by atoms with Gasteiger partial charge in [0, 0.05) is 20.6 Å². The maximum Gasteiger partial charge on any atom is 0.224 e. The predicted octanol–water partition coefficient (Wildman–Crippen LogP) is 0.0155. The van der Waals surface area contributed by atoms with E-state index in [0.29, 0.717) is 11.5 Å². The van der Waals surface area contributed by atoms with Gasteiger partial charge in [0.15, 0.2) is 5.82 Å². The van der Waals surface area contributed by atoms with Crippen molar-refractivity contribution in [3.05, 3.63) is 11.5 Å². The van der Waals surface area contributed by atoms with E-state index >= 15 is 0 Å². The van der Waals surface area contributed by atoms with E-state index in [0.717, 1.165) is 4.31 Å². The van der Waals surface area contributed by atoms with Crippen LogP contribution in [-0.4, -0.2) is 49.1 Å². The summed E-state index contributed by atoms with van der Waals surface area (Å²) in [6.45, 7) is 0.193. The summed E-state index contributed by atoms with van der Waals surface area (Å²) in [5.41, 5.74) is 5.91. The molecule has 0 amide bonds. The molecule has 1 aromatic heterocycles. The lowest BCUT2D eigenvalue weighted by Gasteiger charge is -2.12. The first-order valence-corrected chi connectivity index (χ1v) is 6.74. The van der Waals surface area contributed by atoms with E-state index in [1.807, 2.05) is 0 Å². The van der Waals surface area contributed by atoms with Crippen LogP contribution in [0.15, 0.2) is 6.20 Å². The van der Waals surface area contributed by atoms with Crippen molar-refractivity contribution in [2.24, 2.45) is 0 Å². The Balaban J connectivity index is 2.60. The van der Waals surface area contributed by atoms with E-state index in [9.17, 15) is 8.42 Å². The highest BCUT2D eigenvalue weighted by Crippen LogP contribution is 2.15. The number of sulfonamides is 1. The average molecular weight is 280 g/mol. The van der Waals surface area contributed by atoms with Crippen molar-refractivity contribution in [1.82, 2.24) is 14.3 Å². The first kappa shape index (κ1) is 13.9. The van der Waals surface area contributed by atoms with Gasteiger partial charge in [-0.15, -0.1) is 0 Å². The van der Waals surface area contributed by atoms with Gasteiger partial charge in [-0.2, -0.15) is 4.98 Å². The molecule has 0 saturated heterocycles. The standard InChI is InChI=1S/C8H14ClN5O2S/c1-14(2)17(15,16)4-3-11-7-6(10)5-12-8(9)13-7/h5H,3-4,10H2,1-2H3,(H,11,12,13). The first-order chi connectivity index (χ1) is 7.83. The van der Waals surface area contributed by atoms with E-state index in [4.69, 9.17) is 17.3 Å². The molecule has 0 aromatic carbocycles. The number of aromatic nitrogens is 2. The minimum Gasteiger partial charge on any atom is -0.394 e. The zero-order valence-corrected chi connectivity index (χ0v) is 11.1. The minimum absolute atomic E-state index is 0.0529. The topological polar surface area (TPSA) is 101 Å². The van der Waals surface area contributed by atoms with Crippen molar-refractivity contribution in [2.45, 2.75) is 0 Å². The van der Waals surface area contributed by atoms with Crippen LogP contribution >= 0.6 is 11.6 Å². The highest BCUT2D eigenvalue weighted by atomic mass is 35.5. The van der Waals surface area contributed by atoms with Gasteiger partial charge in [0.1, 0.15) is 0 Å². The van der Waals surface area contributed by atoms with Gasteiger partial charge < -0.3 is 11.1 Å². The van der Waals surface area contributed by atoms with Gasteiger partial charge >= 0.3 is 0 Å². The Kier molecular flexibility index (Phi) is 4.49. The van der Waals surface area contributed by atoms with Gasteiger partial charge in [-0.05, 0) is 11.6 Å². The smallest absolute Gasteiger partial charge is 0.224 e. The number of nitrogens with zero attached hydrogens (tertiary/aromatic N) is 3. The van der Waals surface area contributed by atoms with Crippen LogP contribution < -0.4 is 11.1 Å². The molecule has 0 saturated carbocycles. The Morgan fingerprint density at radius 1 is 1.53 bits per heavy atom. The minimum atomic E-state index is -3.24. The molecule has 0 unspecified atom stereocenters. The third-order valence-corrected chi connectivity index (χ3v) is 4.01. The summed E-state index contributed by atoms with van der Waals surface area (Å²) >= 11 is 5.59. The Bertz CT molecular complexity index is 491. The maximum atomic E-state index is 11.5. The van der Waals surface area contributed by atoms with Crippen LogP contribution in [0.4, 0.5) is 11.5 Å². The van der Waals surface area contributed by atoms with Gasteiger partial charge in [-0.3, -0.25) is 0 Å². The van der Waals surface area contributed by atoms with E-state index in [1.54, 1.807) is 0 Å². The number of nitrogens with two attached hydrogens (primary N) is 1. The van der Waals surface area contributed by atoms with E-state index in [1.165, 1.54) is 20.3 Å². The van der Waals surface area contributed by atoms with Gasteiger partial charge in [-0.25, -0.2) is 17.7 Å². The fourth-order valence-electron chi connectivity index (χ4n) is 0.992. The molecule has 0 fully saturated rings. The normalized spacial score (nSPS) is 11.8. The third kappa shape index (κ3) is 3.99. The van der Waals surface area contributed by atoms with Crippen LogP contribution in [0.1, 0.15) is 0 Å². The predicted molar refractivity (Wildman–Crippen MR) is 67.4 cm³/mol. The maximum absolute atomic E-state index is 11.5. The van der Waals surface area contributed by atoms with Crippen LogP contribution in [0.25, 0.3) is 0 Å². The molecular weight excluding hydrogens is 266 g/mol. The Morgan fingerprint density at radius 3 is 2.76 bits per heavy atom. The molecule has 0 radical (unpaired) electrons. The largest absolute Gasteiger partial charge is 0.394 e. The van der Waals surface area contributed by atoms with E-state index < -0.39 is 10.0 Å². The van der Waals surface area contributed by atoms with Crippen LogP contribution in [-0.2, 0) is 10.0 Å². The van der Waals surface area contributed by atoms with Crippen LogP contribution in [0.5, 0.6) is 0 Å². The number of nitrogen functional groups attached to an aromatic ring is 1. The average Bonchev–Trinajstić information content (AvgIpc) is 2.22. The summed E-state index contributed by atoms with van der Waals surface area (Å²) in [6, 6.07) is 0. The zero-order valence-electron chi connectivity index (χ0n) is 9.51. The number of nitrogens with one attached hydrogen (secondary N) is 1. The molecule has 0 aliphatic rings. The summed E-state index contributed by atoms with van der Waals surface area (Å²) < 4.78 is 24.1. The molecule has 96 valence electrons. The second-order valence-electron chi connectivity index (χ2n) is 3.47. The lowest BCUT2D eigenvalue weighted by atomic mass is 10.5. The lowest BCUT2D eigenvalue weighted by Crippen LogP contribution is -2.28. The van der Waals surface area contributed by atoms with Crippen LogP contribution in [0.2, 0.25) is 5.28 Å². The second-order valence-corrected chi connectivity index (χ2v) is 6.11. The van der Waals surface area contributed by atoms with Crippen LogP contribution in [0, 0.1) is 0 Å². The number of hydrogen-bond acceptors (Lipinski definition) is 6. The molecule has 7 nitrogen and oxygen atoms in total. The molecule has 9 heteroatoms. The Hall–Kier alpha value is -1.12. The number of anilines is 2. The van der Waals surface area contributed by atoms with Gasteiger partial charge in [0.2, 0.25) is 15.3 Å². The molecule has 0 spiro atoms. The molecule has 0 aliphatic heterocycles. The van der Waals surface area contributed by atoms with Crippen LogP contribution in [0.3, 0.4) is 0 Å². The van der Waals surface area contributed by atoms with Crippen molar-refractivity contribution in [3.8, 4) is 0 Å². The summed E-state index contributed by atoms with van der Waals surface area (Å²) in [7, 11) is -0.283. The second kappa shape index (κ2) is 5.48. The van der Waals surface area contributed by atoms with Gasteiger partial charge in [-0.1, -0.05) is 0 Å². The fraction of sp³-hybridized carbons (Fsp3) is 0.500. The Morgan fingerprint density at radius 2 is 2.18 bits per heavy atom. The number of hydrogen-bond donors (Lipinski definition) is 2. The molecule has 1 heterocycles. The molecule has 0 atom stereocenters. The Labute approximate surface area is 105 Å². The SMILES string of the molecule is CN(C)S(=O)(=O)CCNc1nc(Cl)ncc1N. The molecule has 17 heavy (non-hydrogen) atoms. The first-order valence-electron chi connectivity index (χ1n) is 4.75. The lowest BCUT2D eigenvalue weighted by molar-refractivity contribution is 0.521. The third-order valence-electron chi connectivity index (χ3n) is 2.00. The molecule has 3 N–H and O–H groups in total. The molecule has 1 rings (SSSR count). The van der Waals surface area contributed by atoms with Gasteiger partial charge in [0.25, 0.3) is 0 Å². The monoisotopic (exact) mass is 279 g/mol. The zero-order chi connectivity index (χ0) is 13.1. The summed E-state index contributed by atoms with van der Waals surface area (Å²) in [5.74, 6) is 0.278. The number of halogens is 1. The summed E-state index contributed by atoms with van der Waals surface area (Å²) in [6.07, 6.45) is 1.36. The van der Waals surface area contributed by atoms with Crippen molar-refractivity contribution in [2.75, 3.05) is 37.4 Å². The van der Waals surface area contributed by atoms with Crippen molar-refractivity contribution in [1.29, 1.82) is 0 Å². The molecule has 0 aliphatic carbocycles. The summed E-state index contributed by atoms with van der Waals surface area (Å²) in [5, 5.41) is 2.85. The van der Waals surface area contributed by atoms with E-state index in [-0.39, 0.29) is 17.6 Å². The number of rotatable bonds is 5. The highest BCUT2D eigenvalue weighted by Gasteiger charge is 2.13. The fourth-order valence-corrected chi connectivity index (χ4v) is 1.85. The molecular formula is C8H14ClN5O2S. The quantitative estimate of drug-likeness (QED) is 0.737. The van der Waals surface area contributed by atoms with Gasteiger partial charge in [0.05, 0.1) is 17.6 Å². The molecule has 1 aromatic rings. The summed E-state index contributed by atoms with van der Waals surface area (Å²) in [4.78, 5) is 7.53. The van der Waals surface area contributed by atoms with E-state index in [2.05, 4.69) is 15.3 Å². The molecule has 0 bridgehead atoms. The highest BCUT2D eigenvalue weighted by molar-refractivity contribution is 7.89. The van der Waals surface area contributed by atoms with Crippen molar-refractivity contribution in [3.63, 3.8) is 0 Å².